The summed E-state index contributed by atoms with van der Waals surface area (Å²) in [5, 5.41) is 21.8. The zero-order valence-electron chi connectivity index (χ0n) is 17.6. The minimum absolute atomic E-state index is 0.0828. The minimum Gasteiger partial charge on any atom is -0.481 e. The molecule has 8 unspecified atom stereocenters. The molecule has 3 saturated heterocycles. The van der Waals surface area contributed by atoms with E-state index in [4.69, 9.17) is 18.6 Å². The van der Waals surface area contributed by atoms with Gasteiger partial charge in [0, 0.05) is 24.3 Å². The summed E-state index contributed by atoms with van der Waals surface area (Å²) in [5.74, 6) is -5.57. The molecule has 10 heteroatoms. The first-order chi connectivity index (χ1) is 15.0. The van der Waals surface area contributed by atoms with Crippen LogP contribution in [0.15, 0.2) is 23.0 Å². The van der Waals surface area contributed by atoms with Crippen LogP contribution in [-0.2, 0) is 33.4 Å². The number of rotatable bonds is 3. The van der Waals surface area contributed by atoms with Crippen LogP contribution >= 0.6 is 0 Å². The van der Waals surface area contributed by atoms with Gasteiger partial charge in [0.25, 0.3) is 0 Å². The molecule has 5 fully saturated rings. The fourth-order valence-corrected chi connectivity index (χ4v) is 6.78. The number of carboxylic acids is 1. The largest absolute Gasteiger partial charge is 0.481 e. The van der Waals surface area contributed by atoms with Crippen molar-refractivity contribution in [2.24, 2.45) is 22.7 Å². The van der Waals surface area contributed by atoms with Crippen molar-refractivity contribution in [2.45, 2.75) is 63.4 Å². The van der Waals surface area contributed by atoms with Gasteiger partial charge in [0.2, 0.25) is 0 Å². The predicted octanol–water partition coefficient (Wildman–Crippen LogP) is 1.36. The molecule has 172 valence electrons. The lowest BCUT2D eigenvalue weighted by Crippen LogP contribution is -2.78. The van der Waals surface area contributed by atoms with Gasteiger partial charge < -0.3 is 28.8 Å². The summed E-state index contributed by atoms with van der Waals surface area (Å²) in [6.45, 7) is 2.82. The Bertz CT molecular complexity index is 1000. The highest BCUT2D eigenvalue weighted by atomic mass is 16.6. The number of furan rings is 1. The summed E-state index contributed by atoms with van der Waals surface area (Å²) >= 11 is 0. The number of hydrogen-bond acceptors (Lipinski definition) is 9. The van der Waals surface area contributed by atoms with Crippen molar-refractivity contribution in [1.29, 1.82) is 0 Å². The first kappa shape index (κ1) is 21.0. The Kier molecular flexibility index (Phi) is 4.31. The Balaban J connectivity index is 1.69. The van der Waals surface area contributed by atoms with Crippen LogP contribution in [0.3, 0.4) is 0 Å². The zero-order valence-corrected chi connectivity index (χ0v) is 17.6. The van der Waals surface area contributed by atoms with Gasteiger partial charge >= 0.3 is 23.9 Å². The second kappa shape index (κ2) is 6.57. The molecular formula is C22H24O10. The average Bonchev–Trinajstić information content (AvgIpc) is 3.25. The van der Waals surface area contributed by atoms with Gasteiger partial charge in [0.15, 0.2) is 5.60 Å². The van der Waals surface area contributed by atoms with Crippen molar-refractivity contribution in [2.75, 3.05) is 0 Å². The number of aliphatic carboxylic acids is 1. The van der Waals surface area contributed by atoms with Crippen molar-refractivity contribution >= 4 is 23.9 Å². The van der Waals surface area contributed by atoms with Crippen LogP contribution in [0.4, 0.5) is 0 Å². The molecule has 0 aromatic carbocycles. The lowest BCUT2D eigenvalue weighted by atomic mass is 9.39. The van der Waals surface area contributed by atoms with E-state index in [0.29, 0.717) is 5.56 Å². The summed E-state index contributed by atoms with van der Waals surface area (Å²) in [5.41, 5.74) is -4.45. The van der Waals surface area contributed by atoms with Crippen LogP contribution in [0.1, 0.15) is 51.2 Å². The predicted molar refractivity (Wildman–Crippen MR) is 102 cm³/mol. The van der Waals surface area contributed by atoms with Gasteiger partial charge in [0.05, 0.1) is 18.4 Å². The number of carboxylic acid groups (broad SMARTS) is 1. The van der Waals surface area contributed by atoms with Crippen LogP contribution in [0, 0.1) is 22.7 Å². The van der Waals surface area contributed by atoms with Gasteiger partial charge in [0.1, 0.15) is 23.7 Å². The van der Waals surface area contributed by atoms with Gasteiger partial charge in [-0.05, 0) is 31.2 Å². The Morgan fingerprint density at radius 2 is 1.91 bits per heavy atom. The summed E-state index contributed by atoms with van der Waals surface area (Å²) in [4.78, 5) is 50.8. The first-order valence-corrected chi connectivity index (χ1v) is 10.6. The quantitative estimate of drug-likeness (QED) is 0.512. The van der Waals surface area contributed by atoms with E-state index in [2.05, 4.69) is 0 Å². The Morgan fingerprint density at radius 1 is 1.16 bits per heavy atom. The third-order valence-electron chi connectivity index (χ3n) is 8.22. The molecule has 2 aliphatic carbocycles. The second-order valence-corrected chi connectivity index (χ2v) is 9.61. The van der Waals surface area contributed by atoms with Crippen molar-refractivity contribution in [3.05, 3.63) is 24.2 Å². The molecular weight excluding hydrogens is 424 g/mol. The number of cyclic esters (lactones) is 1. The number of ether oxygens (including phenoxy) is 3. The molecule has 1 aromatic rings. The summed E-state index contributed by atoms with van der Waals surface area (Å²) in [6.07, 6.45) is 0.124. The van der Waals surface area contributed by atoms with Crippen LogP contribution in [-0.4, -0.2) is 51.9 Å². The molecule has 32 heavy (non-hydrogen) atoms. The fourth-order valence-electron chi connectivity index (χ4n) is 6.78. The normalized spacial score (nSPS) is 44.7. The smallest absolute Gasteiger partial charge is 0.339 e. The van der Waals surface area contributed by atoms with E-state index in [1.165, 1.54) is 12.5 Å². The summed E-state index contributed by atoms with van der Waals surface area (Å²) in [6, 6.07) is 1.65. The first-order valence-electron chi connectivity index (χ1n) is 10.6. The third-order valence-corrected chi connectivity index (χ3v) is 8.22. The van der Waals surface area contributed by atoms with Gasteiger partial charge in [-0.1, -0.05) is 6.92 Å². The van der Waals surface area contributed by atoms with Crippen molar-refractivity contribution < 1.29 is 48.0 Å². The van der Waals surface area contributed by atoms with E-state index >= 15 is 0 Å². The molecule has 1 aromatic heterocycles. The molecule has 0 radical (unpaired) electrons. The number of hydrogen-bond donors (Lipinski definition) is 2. The molecule has 8 atom stereocenters. The maximum Gasteiger partial charge on any atom is 0.339 e. The van der Waals surface area contributed by atoms with E-state index in [1.54, 1.807) is 13.0 Å². The number of carbonyl (C=O) groups excluding carboxylic acids is 3. The SMILES string of the molecule is CC(=O)OC1CC2(O)C(=O)OC(c3ccoc3)CC2(C)C2CC3CC(C(=O)O)C12C(=O)O3. The zero-order chi connectivity index (χ0) is 23.1. The van der Waals surface area contributed by atoms with Crippen LogP contribution < -0.4 is 0 Å². The van der Waals surface area contributed by atoms with Crippen molar-refractivity contribution in [3.63, 3.8) is 0 Å². The molecule has 2 saturated carbocycles. The van der Waals surface area contributed by atoms with Crippen molar-refractivity contribution in [1.82, 2.24) is 0 Å². The van der Waals surface area contributed by atoms with Crippen LogP contribution in [0.2, 0.25) is 0 Å². The highest BCUT2D eigenvalue weighted by Gasteiger charge is 2.80. The van der Waals surface area contributed by atoms with E-state index in [1.807, 2.05) is 0 Å². The van der Waals surface area contributed by atoms with Crippen molar-refractivity contribution in [3.8, 4) is 0 Å². The number of aliphatic hydroxyl groups is 1. The summed E-state index contributed by atoms with van der Waals surface area (Å²) < 4.78 is 21.6. The molecule has 10 nitrogen and oxygen atoms in total. The highest BCUT2D eigenvalue weighted by Crippen LogP contribution is 2.70. The summed E-state index contributed by atoms with van der Waals surface area (Å²) in [7, 11) is 0. The Morgan fingerprint density at radius 3 is 2.53 bits per heavy atom. The van der Waals surface area contributed by atoms with E-state index < -0.39 is 76.9 Å². The lowest BCUT2D eigenvalue weighted by molar-refractivity contribution is -0.304. The molecule has 3 aliphatic heterocycles. The Labute approximate surface area is 182 Å². The topological polar surface area (TPSA) is 150 Å². The number of fused-ring (bicyclic) bond motifs is 3. The van der Waals surface area contributed by atoms with Gasteiger partial charge in [-0.15, -0.1) is 0 Å². The number of carbonyl (C=O) groups is 4. The van der Waals surface area contributed by atoms with E-state index in [9.17, 15) is 29.4 Å². The fraction of sp³-hybridized carbons (Fsp3) is 0.636. The van der Waals surface area contributed by atoms with E-state index in [-0.39, 0.29) is 19.3 Å². The highest BCUT2D eigenvalue weighted by molar-refractivity contribution is 5.90. The second-order valence-electron chi connectivity index (χ2n) is 9.61. The molecule has 2 N–H and O–H groups in total. The standard InChI is InChI=1S/C22H24O10/c1-10(23)30-16-8-21(28)18(26)32-14(11-3-4-29-9-11)7-20(21,2)15-6-12-5-13(17(24)25)22(15,16)19(27)31-12/h3-4,9,12-16,28H,5-8H2,1-2H3,(H,24,25). The average molecular weight is 448 g/mol. The minimum atomic E-state index is -2.08. The molecule has 0 amide bonds. The van der Waals surface area contributed by atoms with Gasteiger partial charge in [-0.3, -0.25) is 14.4 Å². The lowest BCUT2D eigenvalue weighted by Gasteiger charge is -2.67. The third kappa shape index (κ3) is 2.44. The molecule has 2 bridgehead atoms. The van der Waals surface area contributed by atoms with Gasteiger partial charge in [-0.2, -0.15) is 0 Å². The van der Waals surface area contributed by atoms with E-state index in [0.717, 1.165) is 6.92 Å². The van der Waals surface area contributed by atoms with Crippen LogP contribution in [0.25, 0.3) is 0 Å². The molecule has 1 spiro atoms. The van der Waals surface area contributed by atoms with Gasteiger partial charge in [-0.25, -0.2) is 4.79 Å². The van der Waals surface area contributed by atoms with Crippen LogP contribution in [0.5, 0.6) is 0 Å². The number of esters is 3. The monoisotopic (exact) mass is 448 g/mol. The maximum atomic E-state index is 13.3. The Hall–Kier alpha value is -2.88. The molecule has 5 aliphatic rings. The molecule has 6 rings (SSSR count). The maximum absolute atomic E-state index is 13.3. The molecule has 4 heterocycles.